The quantitative estimate of drug-likeness (QED) is 0.661. The highest BCUT2D eigenvalue weighted by Gasteiger charge is 2.14. The number of rotatable bonds is 6. The van der Waals surface area contributed by atoms with Gasteiger partial charge in [-0.3, -0.25) is 0 Å². The fraction of sp³-hybridized carbons (Fsp3) is 0.316. The maximum atomic E-state index is 5.87. The molecule has 0 saturated carbocycles. The minimum atomic E-state index is 0. The molecule has 0 radical (unpaired) electrons. The summed E-state index contributed by atoms with van der Waals surface area (Å²) in [6.07, 6.45) is 2.42. The number of fused-ring (bicyclic) bond motifs is 1. The summed E-state index contributed by atoms with van der Waals surface area (Å²) in [5, 5.41) is 4.04. The van der Waals surface area contributed by atoms with Crippen LogP contribution in [0.5, 0.6) is 22.4 Å². The maximum absolute atomic E-state index is 5.87. The summed E-state index contributed by atoms with van der Waals surface area (Å²) in [6, 6.07) is 13.9. The first kappa shape index (κ1) is 18.8. The zero-order valence-electron chi connectivity index (χ0n) is 14.4. The van der Waals surface area contributed by atoms with Gasteiger partial charge in [0, 0.05) is 6.04 Å². The lowest BCUT2D eigenvalue weighted by molar-refractivity contribution is 0.277. The summed E-state index contributed by atoms with van der Waals surface area (Å²) in [6.45, 7) is 1.80. The highest BCUT2D eigenvalue weighted by molar-refractivity contribution is 7.20. The van der Waals surface area contributed by atoms with E-state index in [0.717, 1.165) is 34.0 Å². The van der Waals surface area contributed by atoms with E-state index in [1.807, 2.05) is 42.5 Å². The minimum absolute atomic E-state index is 0. The van der Waals surface area contributed by atoms with Gasteiger partial charge in [-0.05, 0) is 61.9 Å². The molecule has 1 atom stereocenters. The third-order valence-corrected chi connectivity index (χ3v) is 5.11. The molecule has 5 nitrogen and oxygen atoms in total. The minimum Gasteiger partial charge on any atom is -0.497 e. The van der Waals surface area contributed by atoms with Crippen molar-refractivity contribution in [1.82, 2.24) is 10.3 Å². The summed E-state index contributed by atoms with van der Waals surface area (Å²) in [5.74, 6) is 2.42. The molecule has 1 fully saturated rings. The summed E-state index contributed by atoms with van der Waals surface area (Å²) < 4.78 is 18.0. The number of hydrogen-bond acceptors (Lipinski definition) is 6. The predicted molar refractivity (Wildman–Crippen MR) is 106 cm³/mol. The van der Waals surface area contributed by atoms with Gasteiger partial charge in [-0.2, -0.15) is 0 Å². The molecule has 2 heterocycles. The van der Waals surface area contributed by atoms with Crippen molar-refractivity contribution in [3.05, 3.63) is 42.5 Å². The standard InChI is InChI=1S/C19H20N2O3S.ClH/c1-22-16-8-9-17-18(11-16)25-19(21-17)24-15-6-4-14(5-7-15)23-12-13-3-2-10-20-13;/h4-9,11,13,20H,2-3,10,12H2,1H3;1H/t13-;/m1./s1. The molecule has 1 aliphatic heterocycles. The number of nitrogens with one attached hydrogen (secondary N) is 1. The van der Waals surface area contributed by atoms with Crippen LogP contribution in [0.2, 0.25) is 0 Å². The van der Waals surface area contributed by atoms with Crippen LogP contribution in [-0.4, -0.2) is 31.3 Å². The van der Waals surface area contributed by atoms with Crippen molar-refractivity contribution in [3.63, 3.8) is 0 Å². The van der Waals surface area contributed by atoms with Crippen molar-refractivity contribution in [2.45, 2.75) is 18.9 Å². The Morgan fingerprint density at radius 2 is 1.88 bits per heavy atom. The van der Waals surface area contributed by atoms with E-state index in [1.165, 1.54) is 24.2 Å². The van der Waals surface area contributed by atoms with Crippen molar-refractivity contribution < 1.29 is 14.2 Å². The van der Waals surface area contributed by atoms with Gasteiger partial charge in [0.2, 0.25) is 0 Å². The van der Waals surface area contributed by atoms with Gasteiger partial charge in [-0.25, -0.2) is 4.98 Å². The fourth-order valence-electron chi connectivity index (χ4n) is 2.85. The van der Waals surface area contributed by atoms with Crippen molar-refractivity contribution in [1.29, 1.82) is 0 Å². The molecule has 1 saturated heterocycles. The van der Waals surface area contributed by atoms with Crippen LogP contribution in [0.25, 0.3) is 10.2 Å². The highest BCUT2D eigenvalue weighted by atomic mass is 35.5. The normalized spacial score (nSPS) is 16.3. The SMILES string of the molecule is COc1ccc2nc(Oc3ccc(OC[C@H]4CCCN4)cc3)sc2c1.Cl. The van der Waals surface area contributed by atoms with Crippen LogP contribution in [0, 0.1) is 0 Å². The van der Waals surface area contributed by atoms with Gasteiger partial charge in [0.25, 0.3) is 5.19 Å². The molecule has 1 aliphatic rings. The lowest BCUT2D eigenvalue weighted by atomic mass is 10.2. The smallest absolute Gasteiger partial charge is 0.279 e. The molecule has 0 aliphatic carbocycles. The van der Waals surface area contributed by atoms with E-state index in [-0.39, 0.29) is 12.4 Å². The zero-order valence-corrected chi connectivity index (χ0v) is 16.1. The van der Waals surface area contributed by atoms with E-state index in [0.29, 0.717) is 17.8 Å². The molecule has 1 N–H and O–H groups in total. The Balaban J connectivity index is 0.00000196. The van der Waals surface area contributed by atoms with Crippen LogP contribution in [-0.2, 0) is 0 Å². The van der Waals surface area contributed by atoms with Gasteiger partial charge in [-0.1, -0.05) is 11.3 Å². The molecule has 0 unspecified atom stereocenters. The molecule has 0 spiro atoms. The largest absolute Gasteiger partial charge is 0.497 e. The third kappa shape index (κ3) is 4.38. The second kappa shape index (κ2) is 8.58. The number of hydrogen-bond donors (Lipinski definition) is 1. The Hall–Kier alpha value is -2.02. The van der Waals surface area contributed by atoms with E-state index in [9.17, 15) is 0 Å². The first-order valence-electron chi connectivity index (χ1n) is 8.39. The highest BCUT2D eigenvalue weighted by Crippen LogP contribution is 2.33. The molecule has 4 rings (SSSR count). The molecular weight excluding hydrogens is 372 g/mol. The summed E-state index contributed by atoms with van der Waals surface area (Å²) in [5.41, 5.74) is 0.907. The van der Waals surface area contributed by atoms with Gasteiger partial charge in [0.05, 0.1) is 17.3 Å². The summed E-state index contributed by atoms with van der Waals surface area (Å²) in [4.78, 5) is 4.50. The van der Waals surface area contributed by atoms with Crippen LogP contribution in [0.1, 0.15) is 12.8 Å². The van der Waals surface area contributed by atoms with Crippen molar-refractivity contribution in [2.75, 3.05) is 20.3 Å². The molecule has 7 heteroatoms. The Morgan fingerprint density at radius 3 is 2.62 bits per heavy atom. The Kier molecular flexibility index (Phi) is 6.19. The Bertz CT molecular complexity index is 848. The number of thiazole rings is 1. The molecule has 0 bridgehead atoms. The Morgan fingerprint density at radius 1 is 1.12 bits per heavy atom. The Labute approximate surface area is 162 Å². The molecule has 2 aromatic carbocycles. The molecule has 26 heavy (non-hydrogen) atoms. The monoisotopic (exact) mass is 392 g/mol. The molecular formula is C19H21ClN2O3S. The van der Waals surface area contributed by atoms with E-state index < -0.39 is 0 Å². The first-order valence-corrected chi connectivity index (χ1v) is 9.20. The van der Waals surface area contributed by atoms with Gasteiger partial charge in [0.1, 0.15) is 23.9 Å². The van der Waals surface area contributed by atoms with E-state index in [4.69, 9.17) is 14.2 Å². The third-order valence-electron chi connectivity index (χ3n) is 4.22. The van der Waals surface area contributed by atoms with Crippen molar-refractivity contribution >= 4 is 34.0 Å². The van der Waals surface area contributed by atoms with Gasteiger partial charge >= 0.3 is 0 Å². The second-order valence-corrected chi connectivity index (χ2v) is 6.98. The number of aromatic nitrogens is 1. The maximum Gasteiger partial charge on any atom is 0.279 e. The van der Waals surface area contributed by atoms with Crippen molar-refractivity contribution in [3.8, 4) is 22.4 Å². The first-order chi connectivity index (χ1) is 12.3. The number of benzene rings is 2. The van der Waals surface area contributed by atoms with Crippen LogP contribution >= 0.6 is 23.7 Å². The van der Waals surface area contributed by atoms with Crippen LogP contribution in [0.3, 0.4) is 0 Å². The van der Waals surface area contributed by atoms with Crippen molar-refractivity contribution in [2.24, 2.45) is 0 Å². The van der Waals surface area contributed by atoms with E-state index in [2.05, 4.69) is 10.3 Å². The lowest BCUT2D eigenvalue weighted by Crippen LogP contribution is -2.28. The van der Waals surface area contributed by atoms with Gasteiger partial charge in [-0.15, -0.1) is 12.4 Å². The fourth-order valence-corrected chi connectivity index (χ4v) is 3.72. The summed E-state index contributed by atoms with van der Waals surface area (Å²) in [7, 11) is 1.66. The lowest BCUT2D eigenvalue weighted by Gasteiger charge is -2.12. The number of ether oxygens (including phenoxy) is 3. The number of halogens is 1. The summed E-state index contributed by atoms with van der Waals surface area (Å²) >= 11 is 1.50. The van der Waals surface area contributed by atoms with Crippen LogP contribution in [0.15, 0.2) is 42.5 Å². The van der Waals surface area contributed by atoms with E-state index in [1.54, 1.807) is 7.11 Å². The molecule has 3 aromatic rings. The average molecular weight is 393 g/mol. The second-order valence-electron chi connectivity index (χ2n) is 5.99. The molecule has 1 aromatic heterocycles. The van der Waals surface area contributed by atoms with Crippen LogP contribution < -0.4 is 19.5 Å². The number of methoxy groups -OCH3 is 1. The molecule has 138 valence electrons. The number of nitrogens with zero attached hydrogens (tertiary/aromatic N) is 1. The van der Waals surface area contributed by atoms with Crippen LogP contribution in [0.4, 0.5) is 0 Å². The average Bonchev–Trinajstić information content (AvgIpc) is 3.29. The predicted octanol–water partition coefficient (Wildman–Crippen LogP) is 4.65. The van der Waals surface area contributed by atoms with Gasteiger partial charge < -0.3 is 19.5 Å². The van der Waals surface area contributed by atoms with E-state index >= 15 is 0 Å². The molecule has 0 amide bonds. The zero-order chi connectivity index (χ0) is 17.1. The topological polar surface area (TPSA) is 52.6 Å². The van der Waals surface area contributed by atoms with Gasteiger partial charge in [0.15, 0.2) is 0 Å².